The highest BCUT2D eigenvalue weighted by Gasteiger charge is 2.43. The van der Waals surface area contributed by atoms with Crippen molar-refractivity contribution in [2.24, 2.45) is 0 Å². The molecular formula is C25H23F2NO. The minimum absolute atomic E-state index is 0.0246. The van der Waals surface area contributed by atoms with E-state index in [9.17, 15) is 13.6 Å². The van der Waals surface area contributed by atoms with Gasteiger partial charge in [-0.3, -0.25) is 9.69 Å². The molecule has 0 saturated carbocycles. The fourth-order valence-electron chi connectivity index (χ4n) is 4.23. The fourth-order valence-corrected chi connectivity index (χ4v) is 4.23. The quantitative estimate of drug-likeness (QED) is 0.544. The summed E-state index contributed by atoms with van der Waals surface area (Å²) in [5, 5.41) is 0. The van der Waals surface area contributed by atoms with Crippen LogP contribution >= 0.6 is 0 Å². The highest BCUT2D eigenvalue weighted by molar-refractivity contribution is 6.04. The Balaban J connectivity index is 1.61. The first kappa shape index (κ1) is 19.5. The summed E-state index contributed by atoms with van der Waals surface area (Å²) >= 11 is 0. The molecule has 0 aromatic heterocycles. The maximum absolute atomic E-state index is 13.5. The highest BCUT2D eigenvalue weighted by Crippen LogP contribution is 2.39. The Bertz CT molecular complexity index is 960. The van der Waals surface area contributed by atoms with E-state index < -0.39 is 5.41 Å². The van der Waals surface area contributed by atoms with Crippen LogP contribution in [-0.4, -0.2) is 23.8 Å². The smallest absolute Gasteiger partial charge is 0.173 e. The number of benzene rings is 3. The van der Waals surface area contributed by atoms with Gasteiger partial charge in [-0.2, -0.15) is 0 Å². The van der Waals surface area contributed by atoms with Crippen LogP contribution in [0.5, 0.6) is 0 Å². The molecule has 29 heavy (non-hydrogen) atoms. The molecule has 0 spiro atoms. The predicted molar refractivity (Wildman–Crippen MR) is 110 cm³/mol. The van der Waals surface area contributed by atoms with Gasteiger partial charge in [0.2, 0.25) is 0 Å². The van der Waals surface area contributed by atoms with Crippen LogP contribution in [0.3, 0.4) is 0 Å². The molecule has 148 valence electrons. The van der Waals surface area contributed by atoms with Crippen LogP contribution in [0.1, 0.15) is 34.3 Å². The number of halogens is 2. The van der Waals surface area contributed by atoms with Crippen molar-refractivity contribution in [2.75, 3.05) is 13.1 Å². The normalized spacial score (nSPS) is 16.5. The largest absolute Gasteiger partial charge is 0.299 e. The van der Waals surface area contributed by atoms with Gasteiger partial charge in [-0.05, 0) is 73.5 Å². The van der Waals surface area contributed by atoms with E-state index in [1.165, 1.54) is 29.8 Å². The zero-order valence-electron chi connectivity index (χ0n) is 16.2. The van der Waals surface area contributed by atoms with E-state index in [4.69, 9.17) is 0 Å². The predicted octanol–water partition coefficient (Wildman–Crippen LogP) is 5.38. The molecule has 1 aliphatic rings. The standard InChI is InChI=1S/C25H23F2NO/c26-22-10-6-20(7-11-22)24(29)25(21-8-12-23(27)13-9-21)14-16-28(17-15-25)18-19-4-2-1-3-5-19/h1-13H,14-18H2. The molecule has 1 fully saturated rings. The Kier molecular flexibility index (Phi) is 5.54. The van der Waals surface area contributed by atoms with Gasteiger partial charge in [0.15, 0.2) is 5.78 Å². The lowest BCUT2D eigenvalue weighted by Gasteiger charge is -2.41. The third-order valence-corrected chi connectivity index (χ3v) is 5.90. The molecule has 1 aliphatic heterocycles. The molecule has 0 unspecified atom stereocenters. The van der Waals surface area contributed by atoms with E-state index >= 15 is 0 Å². The van der Waals surface area contributed by atoms with Crippen LogP contribution in [-0.2, 0) is 12.0 Å². The van der Waals surface area contributed by atoms with E-state index in [0.717, 1.165) is 25.2 Å². The molecule has 0 radical (unpaired) electrons. The van der Waals surface area contributed by atoms with Crippen molar-refractivity contribution >= 4 is 5.78 Å². The summed E-state index contributed by atoms with van der Waals surface area (Å²) in [7, 11) is 0. The molecule has 1 heterocycles. The third kappa shape index (κ3) is 4.13. The monoisotopic (exact) mass is 391 g/mol. The molecule has 0 atom stereocenters. The van der Waals surface area contributed by atoms with Crippen LogP contribution in [0, 0.1) is 11.6 Å². The van der Waals surface area contributed by atoms with E-state index in [1.54, 1.807) is 24.3 Å². The van der Waals surface area contributed by atoms with E-state index in [0.29, 0.717) is 18.4 Å². The Morgan fingerprint density at radius 1 is 0.793 bits per heavy atom. The summed E-state index contributed by atoms with van der Waals surface area (Å²) in [6, 6.07) is 22.2. The van der Waals surface area contributed by atoms with Gasteiger partial charge in [0.1, 0.15) is 11.6 Å². The number of ketones is 1. The SMILES string of the molecule is O=C(c1ccc(F)cc1)C1(c2ccc(F)cc2)CCN(Cc2ccccc2)CC1. The molecular weight excluding hydrogens is 368 g/mol. The molecule has 4 rings (SSSR count). The van der Waals surface area contributed by atoms with Gasteiger partial charge >= 0.3 is 0 Å². The minimum Gasteiger partial charge on any atom is -0.299 e. The number of nitrogens with zero attached hydrogens (tertiary/aromatic N) is 1. The first-order valence-electron chi connectivity index (χ1n) is 9.89. The number of piperidine rings is 1. The second-order valence-corrected chi connectivity index (χ2v) is 7.69. The zero-order valence-corrected chi connectivity index (χ0v) is 16.2. The number of likely N-dealkylation sites (tertiary alicyclic amines) is 1. The molecule has 0 N–H and O–H groups in total. The average Bonchev–Trinajstić information content (AvgIpc) is 2.76. The summed E-state index contributed by atoms with van der Waals surface area (Å²) in [5.74, 6) is -0.710. The van der Waals surface area contributed by atoms with E-state index in [2.05, 4.69) is 17.0 Å². The van der Waals surface area contributed by atoms with Crippen molar-refractivity contribution in [1.29, 1.82) is 0 Å². The second kappa shape index (κ2) is 8.26. The van der Waals surface area contributed by atoms with Crippen molar-refractivity contribution < 1.29 is 13.6 Å². The van der Waals surface area contributed by atoms with Crippen molar-refractivity contribution in [1.82, 2.24) is 4.90 Å². The van der Waals surface area contributed by atoms with Crippen molar-refractivity contribution in [3.63, 3.8) is 0 Å². The van der Waals surface area contributed by atoms with Crippen LogP contribution in [0.2, 0.25) is 0 Å². The van der Waals surface area contributed by atoms with Crippen molar-refractivity contribution in [2.45, 2.75) is 24.8 Å². The molecule has 0 bridgehead atoms. The number of Topliss-reactive ketones (excluding diaryl/α,β-unsaturated/α-hetero) is 1. The maximum Gasteiger partial charge on any atom is 0.173 e. The summed E-state index contributed by atoms with van der Waals surface area (Å²) in [6.45, 7) is 2.36. The molecule has 3 aromatic rings. The Labute approximate surface area is 169 Å². The van der Waals surface area contributed by atoms with Gasteiger partial charge in [-0.15, -0.1) is 0 Å². The van der Waals surface area contributed by atoms with Crippen LogP contribution in [0.15, 0.2) is 78.9 Å². The van der Waals surface area contributed by atoms with Crippen molar-refractivity contribution in [3.05, 3.63) is 107 Å². The summed E-state index contributed by atoms with van der Waals surface area (Å²) < 4.78 is 26.9. The highest BCUT2D eigenvalue weighted by atomic mass is 19.1. The first-order valence-corrected chi connectivity index (χ1v) is 9.89. The Hall–Kier alpha value is -2.85. The number of rotatable bonds is 5. The van der Waals surface area contributed by atoms with Crippen LogP contribution < -0.4 is 0 Å². The lowest BCUT2D eigenvalue weighted by Crippen LogP contribution is -2.47. The Morgan fingerprint density at radius 3 is 1.93 bits per heavy atom. The topological polar surface area (TPSA) is 20.3 Å². The number of hydrogen-bond acceptors (Lipinski definition) is 2. The van der Waals surface area contributed by atoms with Gasteiger partial charge in [0, 0.05) is 12.1 Å². The fraction of sp³-hybridized carbons (Fsp3) is 0.240. The van der Waals surface area contributed by atoms with Crippen molar-refractivity contribution in [3.8, 4) is 0 Å². The number of carbonyl (C=O) groups is 1. The second-order valence-electron chi connectivity index (χ2n) is 7.69. The molecule has 4 heteroatoms. The molecule has 1 saturated heterocycles. The van der Waals surface area contributed by atoms with Gasteiger partial charge in [-0.25, -0.2) is 8.78 Å². The van der Waals surface area contributed by atoms with Crippen LogP contribution in [0.25, 0.3) is 0 Å². The summed E-state index contributed by atoms with van der Waals surface area (Å²) in [5.41, 5.74) is 1.84. The van der Waals surface area contributed by atoms with Gasteiger partial charge in [0.05, 0.1) is 5.41 Å². The summed E-state index contributed by atoms with van der Waals surface area (Å²) in [4.78, 5) is 15.9. The van der Waals surface area contributed by atoms with Crippen LogP contribution in [0.4, 0.5) is 8.78 Å². The first-order chi connectivity index (χ1) is 14.1. The lowest BCUT2D eigenvalue weighted by atomic mass is 9.68. The van der Waals surface area contributed by atoms with E-state index in [-0.39, 0.29) is 17.4 Å². The maximum atomic E-state index is 13.5. The molecule has 0 amide bonds. The number of hydrogen-bond donors (Lipinski definition) is 0. The number of carbonyl (C=O) groups excluding carboxylic acids is 1. The third-order valence-electron chi connectivity index (χ3n) is 5.90. The Morgan fingerprint density at radius 2 is 1.34 bits per heavy atom. The average molecular weight is 391 g/mol. The van der Waals surface area contributed by atoms with Gasteiger partial charge in [0.25, 0.3) is 0 Å². The van der Waals surface area contributed by atoms with E-state index in [1.807, 2.05) is 18.2 Å². The summed E-state index contributed by atoms with van der Waals surface area (Å²) in [6.07, 6.45) is 1.28. The minimum atomic E-state index is -0.723. The van der Waals surface area contributed by atoms with Gasteiger partial charge < -0.3 is 0 Å². The zero-order chi connectivity index (χ0) is 20.3. The lowest BCUT2D eigenvalue weighted by molar-refractivity contribution is 0.0763. The molecule has 0 aliphatic carbocycles. The molecule has 3 aromatic carbocycles. The van der Waals surface area contributed by atoms with Gasteiger partial charge in [-0.1, -0.05) is 42.5 Å². The molecule has 2 nitrogen and oxygen atoms in total.